The number of Topliss-reactive ketones (excluding diaryl/α,β-unsaturated/α-hetero) is 1. The monoisotopic (exact) mass is 643 g/mol. The fraction of sp³-hybridized carbons (Fsp3) is 0.531. The molecule has 2 aliphatic heterocycles. The number of phenolic OH excluding ortho intramolecular Hbond substituents is 2. The van der Waals surface area contributed by atoms with Gasteiger partial charge < -0.3 is 49.2 Å². The van der Waals surface area contributed by atoms with E-state index in [1.165, 1.54) is 32.4 Å². The number of hydrogen-bond acceptors (Lipinski definition) is 14. The van der Waals surface area contributed by atoms with Crippen LogP contribution >= 0.6 is 0 Å². The molecule has 0 spiro atoms. The van der Waals surface area contributed by atoms with Crippen LogP contribution in [0.1, 0.15) is 68.8 Å². The third-order valence-corrected chi connectivity index (χ3v) is 9.53. The maximum Gasteiger partial charge on any atom is 0.202 e. The molecule has 0 aromatic heterocycles. The number of rotatable bonds is 7. The number of methoxy groups -OCH3 is 2. The summed E-state index contributed by atoms with van der Waals surface area (Å²) in [5, 5.41) is 55.5. The molecule has 0 radical (unpaired) electrons. The average molecular weight is 644 g/mol. The van der Waals surface area contributed by atoms with E-state index in [2.05, 4.69) is 0 Å². The van der Waals surface area contributed by atoms with E-state index in [9.17, 15) is 39.9 Å². The van der Waals surface area contributed by atoms with Gasteiger partial charge in [0.1, 0.15) is 29.5 Å². The summed E-state index contributed by atoms with van der Waals surface area (Å²) in [6, 6.07) is 3.93. The molecule has 0 bridgehead atoms. The Morgan fingerprint density at radius 3 is 2.52 bits per heavy atom. The number of carbonyl (C=O) groups excluding carboxylic acids is 3. The summed E-state index contributed by atoms with van der Waals surface area (Å²) in [5.41, 5.74) is -3.62. The molecule has 2 aromatic carbocycles. The molecule has 2 aromatic rings. The summed E-state index contributed by atoms with van der Waals surface area (Å²) in [5.74, 6) is -3.75. The number of aliphatic hydroxyl groups excluding tert-OH is 2. The zero-order valence-electron chi connectivity index (χ0n) is 25.6. The van der Waals surface area contributed by atoms with Crippen LogP contribution in [-0.2, 0) is 30.2 Å². The van der Waals surface area contributed by atoms with Gasteiger partial charge in [-0.05, 0) is 13.0 Å². The fourth-order valence-corrected chi connectivity index (χ4v) is 7.14. The first-order valence-electron chi connectivity index (χ1n) is 15.0. The molecule has 4 aliphatic rings. The van der Waals surface area contributed by atoms with Gasteiger partial charge in [-0.2, -0.15) is 0 Å². The molecule has 248 valence electrons. The zero-order chi connectivity index (χ0) is 33.1. The maximum absolute atomic E-state index is 13.9. The van der Waals surface area contributed by atoms with Crippen molar-refractivity contribution in [2.24, 2.45) is 0 Å². The second-order valence-electron chi connectivity index (χ2n) is 12.1. The molecule has 2 heterocycles. The van der Waals surface area contributed by atoms with E-state index in [-0.39, 0.29) is 34.4 Å². The van der Waals surface area contributed by atoms with Gasteiger partial charge in [0.25, 0.3) is 0 Å². The quantitative estimate of drug-likeness (QED) is 0.221. The summed E-state index contributed by atoms with van der Waals surface area (Å²) < 4.78 is 28.6. The number of ether oxygens (including phenoxy) is 5. The van der Waals surface area contributed by atoms with Crippen molar-refractivity contribution in [3.05, 3.63) is 51.6 Å². The Balaban J connectivity index is 1.43. The van der Waals surface area contributed by atoms with Crippen LogP contribution < -0.4 is 4.74 Å². The average Bonchev–Trinajstić information content (AvgIpc) is 3.05. The molecule has 46 heavy (non-hydrogen) atoms. The summed E-state index contributed by atoms with van der Waals surface area (Å²) in [7, 11) is 2.85. The molecular formula is C32H37NO13. The molecule has 14 heteroatoms. The molecular weight excluding hydrogens is 606 g/mol. The third kappa shape index (κ3) is 5.18. The highest BCUT2D eigenvalue weighted by atomic mass is 16.7. The van der Waals surface area contributed by atoms with Crippen LogP contribution in [0.25, 0.3) is 0 Å². The first-order chi connectivity index (χ1) is 21.9. The van der Waals surface area contributed by atoms with Crippen molar-refractivity contribution >= 4 is 17.3 Å². The van der Waals surface area contributed by atoms with E-state index >= 15 is 0 Å². The second-order valence-corrected chi connectivity index (χ2v) is 12.1. The lowest BCUT2D eigenvalue weighted by atomic mass is 9.72. The van der Waals surface area contributed by atoms with Crippen molar-refractivity contribution in [1.82, 2.24) is 4.90 Å². The smallest absolute Gasteiger partial charge is 0.202 e. The predicted molar refractivity (Wildman–Crippen MR) is 156 cm³/mol. The van der Waals surface area contributed by atoms with Crippen molar-refractivity contribution in [1.29, 1.82) is 0 Å². The van der Waals surface area contributed by atoms with Gasteiger partial charge in [0.2, 0.25) is 5.78 Å². The van der Waals surface area contributed by atoms with Crippen LogP contribution in [-0.4, -0.2) is 125 Å². The van der Waals surface area contributed by atoms with Crippen LogP contribution in [0.15, 0.2) is 18.2 Å². The molecule has 14 nitrogen and oxygen atoms in total. The molecule has 2 fully saturated rings. The molecule has 7 atom stereocenters. The predicted octanol–water partition coefficient (Wildman–Crippen LogP) is 0.347. The van der Waals surface area contributed by atoms with Gasteiger partial charge in [0, 0.05) is 62.2 Å². The Hall–Kier alpha value is -3.47. The van der Waals surface area contributed by atoms with Gasteiger partial charge >= 0.3 is 0 Å². The molecule has 2 aliphatic carbocycles. The van der Waals surface area contributed by atoms with Gasteiger partial charge in [-0.25, -0.2) is 0 Å². The highest BCUT2D eigenvalue weighted by Gasteiger charge is 2.50. The van der Waals surface area contributed by atoms with Gasteiger partial charge in [0.05, 0.1) is 48.7 Å². The minimum atomic E-state index is -2.26. The first kappa shape index (κ1) is 32.5. The van der Waals surface area contributed by atoms with E-state index in [4.69, 9.17) is 23.7 Å². The number of hydrogen-bond donors (Lipinski definition) is 5. The molecule has 2 saturated heterocycles. The molecule has 0 unspecified atom stereocenters. The number of carbonyl (C=O) groups is 3. The lowest BCUT2D eigenvalue weighted by Crippen LogP contribution is -2.59. The van der Waals surface area contributed by atoms with Crippen molar-refractivity contribution in [3.63, 3.8) is 0 Å². The summed E-state index contributed by atoms with van der Waals surface area (Å²) in [6.45, 7) is 1.88. The maximum atomic E-state index is 13.9. The van der Waals surface area contributed by atoms with Crippen molar-refractivity contribution < 1.29 is 63.6 Å². The van der Waals surface area contributed by atoms with Crippen molar-refractivity contribution in [2.75, 3.05) is 40.5 Å². The Kier molecular flexibility index (Phi) is 8.67. The number of benzene rings is 2. The highest BCUT2D eigenvalue weighted by molar-refractivity contribution is 6.31. The second kappa shape index (κ2) is 12.3. The largest absolute Gasteiger partial charge is 0.507 e. The van der Waals surface area contributed by atoms with Crippen molar-refractivity contribution in [2.45, 2.75) is 68.7 Å². The van der Waals surface area contributed by atoms with E-state index in [1.54, 1.807) is 6.92 Å². The molecule has 0 saturated carbocycles. The van der Waals surface area contributed by atoms with E-state index in [0.29, 0.717) is 19.7 Å². The molecule has 6 rings (SSSR count). The Labute approximate surface area is 264 Å². The minimum Gasteiger partial charge on any atom is -0.507 e. The number of morpholine rings is 1. The number of phenols is 2. The Morgan fingerprint density at radius 1 is 1.09 bits per heavy atom. The lowest BCUT2D eigenvalue weighted by Gasteiger charge is -2.47. The van der Waals surface area contributed by atoms with Gasteiger partial charge in [0.15, 0.2) is 24.1 Å². The topological polar surface area (TPSA) is 202 Å². The SMILES string of the molecule is COc1cccc2c1C(=O)c1c(O)c3c(c(O)c1C2=O)C[C@@](O)(C(=O)CO)C[C@@H]3O[C@H]1C[C@H](N2CCO[C@@H](OC)C2)[C@H](O)[C@H](C)O1. The molecule has 0 amide bonds. The van der Waals surface area contributed by atoms with Crippen LogP contribution in [0.5, 0.6) is 17.2 Å². The fourth-order valence-electron chi connectivity index (χ4n) is 7.14. The van der Waals surface area contributed by atoms with E-state index < -0.39 is 102 Å². The number of nitrogens with zero attached hydrogens (tertiary/aromatic N) is 1. The van der Waals surface area contributed by atoms with Crippen LogP contribution in [0.2, 0.25) is 0 Å². The Bertz CT molecular complexity index is 1580. The third-order valence-electron chi connectivity index (χ3n) is 9.53. The van der Waals surface area contributed by atoms with E-state index in [1.807, 2.05) is 4.90 Å². The van der Waals surface area contributed by atoms with Gasteiger partial charge in [-0.3, -0.25) is 19.3 Å². The minimum absolute atomic E-state index is 0.0511. The van der Waals surface area contributed by atoms with Gasteiger partial charge in [-0.1, -0.05) is 12.1 Å². The van der Waals surface area contributed by atoms with Crippen LogP contribution in [0.4, 0.5) is 0 Å². The normalized spacial score (nSPS) is 31.2. The molecule has 5 N–H and O–H groups in total. The number of ketones is 3. The number of aromatic hydroxyl groups is 2. The van der Waals surface area contributed by atoms with Crippen molar-refractivity contribution in [3.8, 4) is 17.2 Å². The standard InChI is InChI=1S/C32H37NO13/c1-14-27(36)17(33-7-8-44-22(12-33)43-3)9-21(45-14)46-19-11-32(41,20(35)13-34)10-16-24(19)31(40)26-25(29(16)38)28(37)15-5-4-6-18(42-2)23(15)30(26)39/h4-6,14,17,19,21-22,27,34,36,38,40-41H,7-13H2,1-3H3/t14-,17-,19-,21-,22+,27+,32-/m0/s1. The number of fused-ring (bicyclic) bond motifs is 3. The summed E-state index contributed by atoms with van der Waals surface area (Å²) in [4.78, 5) is 42.4. The Morgan fingerprint density at radius 2 is 1.83 bits per heavy atom. The lowest BCUT2D eigenvalue weighted by molar-refractivity contribution is -0.266. The van der Waals surface area contributed by atoms with E-state index in [0.717, 1.165) is 0 Å². The highest BCUT2D eigenvalue weighted by Crippen LogP contribution is 2.52. The van der Waals surface area contributed by atoms with Crippen LogP contribution in [0, 0.1) is 0 Å². The first-order valence-corrected chi connectivity index (χ1v) is 15.0. The van der Waals surface area contributed by atoms with Crippen LogP contribution in [0.3, 0.4) is 0 Å². The number of aliphatic hydroxyl groups is 3. The van der Waals surface area contributed by atoms with Gasteiger partial charge in [-0.15, -0.1) is 0 Å². The zero-order valence-corrected chi connectivity index (χ0v) is 25.6. The summed E-state index contributed by atoms with van der Waals surface area (Å²) in [6.07, 6.45) is -5.46. The summed E-state index contributed by atoms with van der Waals surface area (Å²) >= 11 is 0.